The van der Waals surface area contributed by atoms with Crippen LogP contribution in [0.5, 0.6) is 0 Å². The topological polar surface area (TPSA) is 50.9 Å². The Morgan fingerprint density at radius 3 is 2.59 bits per heavy atom. The van der Waals surface area contributed by atoms with Crippen LogP contribution in [0.4, 0.5) is 17.2 Å². The molecule has 0 bridgehead atoms. The monoisotopic (exact) mass is 247 g/mol. The SMILES string of the molecule is CCc1ccc(Nc2nccc(Cl)c2N)cc1. The minimum Gasteiger partial charge on any atom is -0.395 e. The predicted molar refractivity (Wildman–Crippen MR) is 72.8 cm³/mol. The second kappa shape index (κ2) is 5.06. The third-order valence-corrected chi connectivity index (χ3v) is 2.89. The molecule has 1 aromatic heterocycles. The number of aromatic nitrogens is 1. The summed E-state index contributed by atoms with van der Waals surface area (Å²) in [4.78, 5) is 4.16. The number of benzene rings is 1. The highest BCUT2D eigenvalue weighted by Gasteiger charge is 2.04. The minimum atomic E-state index is 0.466. The Labute approximate surface area is 106 Å². The lowest BCUT2D eigenvalue weighted by Gasteiger charge is -2.09. The summed E-state index contributed by atoms with van der Waals surface area (Å²) in [6.07, 6.45) is 2.65. The van der Waals surface area contributed by atoms with Gasteiger partial charge in [-0.05, 0) is 30.2 Å². The van der Waals surface area contributed by atoms with E-state index in [9.17, 15) is 0 Å². The van der Waals surface area contributed by atoms with E-state index in [4.69, 9.17) is 17.3 Å². The summed E-state index contributed by atoms with van der Waals surface area (Å²) in [5.41, 5.74) is 8.54. The van der Waals surface area contributed by atoms with E-state index in [1.807, 2.05) is 12.1 Å². The van der Waals surface area contributed by atoms with E-state index in [0.29, 0.717) is 16.5 Å². The zero-order valence-electron chi connectivity index (χ0n) is 9.57. The molecule has 0 spiro atoms. The number of nitrogens with one attached hydrogen (secondary N) is 1. The number of rotatable bonds is 3. The first-order valence-electron chi connectivity index (χ1n) is 5.46. The first kappa shape index (κ1) is 11.7. The normalized spacial score (nSPS) is 10.2. The number of hydrogen-bond donors (Lipinski definition) is 2. The van der Waals surface area contributed by atoms with Crippen molar-refractivity contribution in [1.82, 2.24) is 4.98 Å². The molecule has 0 aliphatic carbocycles. The van der Waals surface area contributed by atoms with Gasteiger partial charge in [0, 0.05) is 11.9 Å². The van der Waals surface area contributed by atoms with Crippen molar-refractivity contribution in [2.24, 2.45) is 0 Å². The van der Waals surface area contributed by atoms with Crippen LogP contribution in [0.25, 0.3) is 0 Å². The number of anilines is 3. The fourth-order valence-electron chi connectivity index (χ4n) is 1.51. The molecular formula is C13H14ClN3. The number of nitrogens with two attached hydrogens (primary N) is 1. The number of pyridine rings is 1. The second-order valence-electron chi connectivity index (χ2n) is 3.73. The Balaban J connectivity index is 2.22. The van der Waals surface area contributed by atoms with Gasteiger partial charge in [-0.15, -0.1) is 0 Å². The van der Waals surface area contributed by atoms with E-state index >= 15 is 0 Å². The van der Waals surface area contributed by atoms with Crippen LogP contribution in [0.2, 0.25) is 5.02 Å². The van der Waals surface area contributed by atoms with E-state index in [1.54, 1.807) is 12.3 Å². The summed E-state index contributed by atoms with van der Waals surface area (Å²) < 4.78 is 0. The molecule has 2 rings (SSSR count). The molecule has 0 aliphatic heterocycles. The minimum absolute atomic E-state index is 0.466. The molecule has 0 saturated heterocycles. The van der Waals surface area contributed by atoms with Crippen LogP contribution >= 0.6 is 11.6 Å². The molecule has 0 amide bonds. The highest BCUT2D eigenvalue weighted by atomic mass is 35.5. The van der Waals surface area contributed by atoms with E-state index in [1.165, 1.54) is 5.56 Å². The van der Waals surface area contributed by atoms with Crippen molar-refractivity contribution in [2.45, 2.75) is 13.3 Å². The molecule has 17 heavy (non-hydrogen) atoms. The van der Waals surface area contributed by atoms with Crippen molar-refractivity contribution in [1.29, 1.82) is 0 Å². The Morgan fingerprint density at radius 1 is 1.24 bits per heavy atom. The molecule has 0 radical (unpaired) electrons. The van der Waals surface area contributed by atoms with Gasteiger partial charge in [0.05, 0.1) is 10.7 Å². The summed E-state index contributed by atoms with van der Waals surface area (Å²) in [5.74, 6) is 0.585. The van der Waals surface area contributed by atoms with Gasteiger partial charge in [0.2, 0.25) is 0 Å². The van der Waals surface area contributed by atoms with Gasteiger partial charge in [0.25, 0.3) is 0 Å². The molecule has 3 nitrogen and oxygen atoms in total. The molecule has 4 heteroatoms. The lowest BCUT2D eigenvalue weighted by atomic mass is 10.1. The van der Waals surface area contributed by atoms with E-state index < -0.39 is 0 Å². The van der Waals surface area contributed by atoms with E-state index in [2.05, 4.69) is 29.4 Å². The molecule has 1 aromatic carbocycles. The van der Waals surface area contributed by atoms with Crippen LogP contribution in [0.1, 0.15) is 12.5 Å². The van der Waals surface area contributed by atoms with E-state index in [0.717, 1.165) is 12.1 Å². The van der Waals surface area contributed by atoms with Crippen molar-refractivity contribution in [3.8, 4) is 0 Å². The summed E-state index contributed by atoms with van der Waals surface area (Å²) in [6, 6.07) is 9.82. The zero-order valence-corrected chi connectivity index (χ0v) is 10.3. The largest absolute Gasteiger partial charge is 0.395 e. The average molecular weight is 248 g/mol. The van der Waals surface area contributed by atoms with Crippen LogP contribution < -0.4 is 11.1 Å². The fraction of sp³-hybridized carbons (Fsp3) is 0.154. The quantitative estimate of drug-likeness (QED) is 0.871. The fourth-order valence-corrected chi connectivity index (χ4v) is 1.66. The number of nitrogen functional groups attached to an aromatic ring is 1. The summed E-state index contributed by atoms with van der Waals surface area (Å²) in [7, 11) is 0. The Morgan fingerprint density at radius 2 is 1.94 bits per heavy atom. The zero-order chi connectivity index (χ0) is 12.3. The molecular weight excluding hydrogens is 234 g/mol. The van der Waals surface area contributed by atoms with Gasteiger partial charge in [-0.1, -0.05) is 30.7 Å². The first-order valence-corrected chi connectivity index (χ1v) is 5.84. The third-order valence-electron chi connectivity index (χ3n) is 2.56. The predicted octanol–water partition coefficient (Wildman–Crippen LogP) is 3.62. The maximum Gasteiger partial charge on any atom is 0.155 e. The van der Waals surface area contributed by atoms with Crippen molar-refractivity contribution >= 4 is 28.8 Å². The van der Waals surface area contributed by atoms with Gasteiger partial charge >= 0.3 is 0 Å². The van der Waals surface area contributed by atoms with Gasteiger partial charge in [0.15, 0.2) is 5.82 Å². The second-order valence-corrected chi connectivity index (χ2v) is 4.14. The molecule has 2 aromatic rings. The van der Waals surface area contributed by atoms with Crippen LogP contribution in [-0.4, -0.2) is 4.98 Å². The molecule has 0 fully saturated rings. The Bertz CT molecular complexity index is 509. The van der Waals surface area contributed by atoms with Gasteiger partial charge in [-0.25, -0.2) is 4.98 Å². The van der Waals surface area contributed by atoms with Crippen LogP contribution in [0.15, 0.2) is 36.5 Å². The summed E-state index contributed by atoms with van der Waals surface area (Å²) in [5, 5.41) is 3.65. The molecule has 88 valence electrons. The van der Waals surface area contributed by atoms with Crippen LogP contribution in [0, 0.1) is 0 Å². The van der Waals surface area contributed by atoms with E-state index in [-0.39, 0.29) is 0 Å². The first-order chi connectivity index (χ1) is 8.20. The van der Waals surface area contributed by atoms with Crippen LogP contribution in [-0.2, 0) is 6.42 Å². The number of nitrogens with zero attached hydrogens (tertiary/aromatic N) is 1. The maximum absolute atomic E-state index is 5.92. The number of halogens is 1. The Hall–Kier alpha value is -1.74. The maximum atomic E-state index is 5.92. The highest BCUT2D eigenvalue weighted by Crippen LogP contribution is 2.27. The number of hydrogen-bond acceptors (Lipinski definition) is 3. The molecule has 0 aliphatic rings. The van der Waals surface area contributed by atoms with Gasteiger partial charge in [-0.3, -0.25) is 0 Å². The summed E-state index contributed by atoms with van der Waals surface area (Å²) >= 11 is 5.92. The molecule has 0 unspecified atom stereocenters. The smallest absolute Gasteiger partial charge is 0.155 e. The molecule has 0 saturated carbocycles. The lowest BCUT2D eigenvalue weighted by molar-refractivity contribution is 1.14. The van der Waals surface area contributed by atoms with Gasteiger partial charge < -0.3 is 11.1 Å². The van der Waals surface area contributed by atoms with Crippen molar-refractivity contribution in [3.63, 3.8) is 0 Å². The highest BCUT2D eigenvalue weighted by molar-refractivity contribution is 6.33. The van der Waals surface area contributed by atoms with Gasteiger partial charge in [-0.2, -0.15) is 0 Å². The van der Waals surface area contributed by atoms with Crippen LogP contribution in [0.3, 0.4) is 0 Å². The van der Waals surface area contributed by atoms with Crippen molar-refractivity contribution < 1.29 is 0 Å². The number of aryl methyl sites for hydroxylation is 1. The third kappa shape index (κ3) is 2.68. The van der Waals surface area contributed by atoms with Gasteiger partial charge in [0.1, 0.15) is 0 Å². The average Bonchev–Trinajstić information content (AvgIpc) is 2.36. The Kier molecular flexibility index (Phi) is 3.49. The standard InChI is InChI=1S/C13H14ClN3/c1-2-9-3-5-10(6-4-9)17-13-12(15)11(14)7-8-16-13/h3-8H,2,15H2,1H3,(H,16,17). The lowest BCUT2D eigenvalue weighted by Crippen LogP contribution is -1.99. The summed E-state index contributed by atoms with van der Waals surface area (Å²) in [6.45, 7) is 2.12. The molecule has 0 atom stereocenters. The molecule has 1 heterocycles. The molecule has 3 N–H and O–H groups in total. The van der Waals surface area contributed by atoms with Crippen molar-refractivity contribution in [2.75, 3.05) is 11.1 Å². The van der Waals surface area contributed by atoms with Crippen molar-refractivity contribution in [3.05, 3.63) is 47.1 Å².